The van der Waals surface area contributed by atoms with E-state index in [1.165, 1.54) is 6.20 Å². The van der Waals surface area contributed by atoms with Crippen LogP contribution in [0.5, 0.6) is 0 Å². The van der Waals surface area contributed by atoms with E-state index >= 15 is 0 Å². The fraction of sp³-hybridized carbons (Fsp3) is 0.353. The third-order valence-electron chi connectivity index (χ3n) is 3.50. The Labute approximate surface area is 150 Å². The van der Waals surface area contributed by atoms with E-state index in [1.54, 1.807) is 12.1 Å². The monoisotopic (exact) mass is 363 g/mol. The molecule has 2 aromatic rings. The van der Waals surface area contributed by atoms with Crippen LogP contribution in [0.25, 0.3) is 0 Å². The van der Waals surface area contributed by atoms with Crippen molar-refractivity contribution in [3.63, 3.8) is 0 Å². The minimum Gasteiger partial charge on any atom is -0.328 e. The molecule has 0 aliphatic carbocycles. The molecule has 0 radical (unpaired) electrons. The minimum atomic E-state index is -0.278. The maximum atomic E-state index is 11.8. The quantitative estimate of drug-likeness (QED) is 0.438. The van der Waals surface area contributed by atoms with Gasteiger partial charge in [-0.25, -0.2) is 0 Å². The van der Waals surface area contributed by atoms with Crippen molar-refractivity contribution in [1.29, 1.82) is 0 Å². The van der Waals surface area contributed by atoms with Crippen LogP contribution in [0.1, 0.15) is 40.6 Å². The van der Waals surface area contributed by atoms with Crippen LogP contribution in [0.3, 0.4) is 0 Å². The normalized spacial score (nSPS) is 11.2. The molecule has 5 N–H and O–H groups in total. The molecule has 0 saturated carbocycles. The van der Waals surface area contributed by atoms with Crippen molar-refractivity contribution in [2.45, 2.75) is 25.8 Å². The Morgan fingerprint density at radius 1 is 1.40 bits per heavy atom. The second kappa shape index (κ2) is 11.5. The smallest absolute Gasteiger partial charge is 0.255 e. The zero-order valence-electron chi connectivity index (χ0n) is 14.6. The van der Waals surface area contributed by atoms with E-state index in [0.717, 1.165) is 24.7 Å². The summed E-state index contributed by atoms with van der Waals surface area (Å²) in [4.78, 5) is 22.4. The SMILES string of the molecule is CCC(N)CCNC.O=Cc1[nH]ncc1NC(=O)c1ccc(P)cc1. The first-order chi connectivity index (χ1) is 12.0. The first-order valence-corrected chi connectivity index (χ1v) is 8.65. The van der Waals surface area contributed by atoms with Gasteiger partial charge in [0, 0.05) is 11.6 Å². The highest BCUT2D eigenvalue weighted by Gasteiger charge is 2.09. The zero-order chi connectivity index (χ0) is 18.7. The summed E-state index contributed by atoms with van der Waals surface area (Å²) in [5, 5.41) is 12.8. The second-order valence-corrected chi connectivity index (χ2v) is 6.12. The Hall–Kier alpha value is -2.08. The molecule has 25 heavy (non-hydrogen) atoms. The van der Waals surface area contributed by atoms with Crippen molar-refractivity contribution in [3.05, 3.63) is 41.7 Å². The third kappa shape index (κ3) is 7.56. The predicted octanol–water partition coefficient (Wildman–Crippen LogP) is 1.31. The first-order valence-electron chi connectivity index (χ1n) is 8.07. The summed E-state index contributed by atoms with van der Waals surface area (Å²) in [5.74, 6) is -0.278. The maximum absolute atomic E-state index is 11.8. The van der Waals surface area contributed by atoms with Gasteiger partial charge in [-0.05, 0) is 43.9 Å². The number of rotatable bonds is 7. The van der Waals surface area contributed by atoms with Crippen molar-refractivity contribution in [1.82, 2.24) is 15.5 Å². The van der Waals surface area contributed by atoms with Gasteiger partial charge in [0.1, 0.15) is 5.69 Å². The number of hydrogen-bond donors (Lipinski definition) is 4. The van der Waals surface area contributed by atoms with Crippen LogP contribution in [0.15, 0.2) is 30.5 Å². The number of carbonyl (C=O) groups excluding carboxylic acids is 2. The summed E-state index contributed by atoms with van der Waals surface area (Å²) in [7, 11) is 4.49. The number of amides is 1. The van der Waals surface area contributed by atoms with E-state index in [1.807, 2.05) is 19.2 Å². The molecule has 0 fully saturated rings. The second-order valence-electron chi connectivity index (χ2n) is 5.45. The van der Waals surface area contributed by atoms with E-state index in [2.05, 4.69) is 37.0 Å². The van der Waals surface area contributed by atoms with Gasteiger partial charge in [-0.1, -0.05) is 19.1 Å². The van der Waals surface area contributed by atoms with Gasteiger partial charge in [-0.15, -0.1) is 9.24 Å². The van der Waals surface area contributed by atoms with E-state index in [0.29, 0.717) is 23.6 Å². The number of aldehydes is 1. The van der Waals surface area contributed by atoms with Crippen LogP contribution < -0.4 is 21.7 Å². The Kier molecular flexibility index (Phi) is 9.62. The topological polar surface area (TPSA) is 113 Å². The molecule has 2 unspecified atom stereocenters. The maximum Gasteiger partial charge on any atom is 0.255 e. The number of hydrogen-bond acceptors (Lipinski definition) is 5. The lowest BCUT2D eigenvalue weighted by Gasteiger charge is -2.05. The van der Waals surface area contributed by atoms with Gasteiger partial charge in [0.2, 0.25) is 0 Å². The lowest BCUT2D eigenvalue weighted by Crippen LogP contribution is -2.23. The highest BCUT2D eigenvalue weighted by atomic mass is 31.0. The molecule has 7 nitrogen and oxygen atoms in total. The van der Waals surface area contributed by atoms with Crippen molar-refractivity contribution in [2.24, 2.45) is 5.73 Å². The summed E-state index contributed by atoms with van der Waals surface area (Å²) in [6, 6.07) is 7.43. The third-order valence-corrected chi connectivity index (χ3v) is 3.88. The summed E-state index contributed by atoms with van der Waals surface area (Å²) < 4.78 is 0. The number of nitrogens with two attached hydrogens (primary N) is 1. The number of nitrogens with one attached hydrogen (secondary N) is 3. The predicted molar refractivity (Wildman–Crippen MR) is 105 cm³/mol. The molecule has 1 heterocycles. The standard InChI is InChI=1S/C11H10N3O2P.C6H16N2/c15-6-10-9(5-12-14-10)13-11(16)7-1-3-8(17)4-2-7;1-3-6(7)4-5-8-2/h1-6H,17H2,(H,12,14)(H,13,16);6,8H,3-5,7H2,1-2H3. The number of aromatic amines is 1. The minimum absolute atomic E-state index is 0.251. The Balaban J connectivity index is 0.000000333. The molecule has 136 valence electrons. The molecule has 8 heteroatoms. The van der Waals surface area contributed by atoms with Crippen molar-refractivity contribution in [3.8, 4) is 0 Å². The van der Waals surface area contributed by atoms with Gasteiger partial charge in [0.25, 0.3) is 5.91 Å². The molecule has 0 spiro atoms. The van der Waals surface area contributed by atoms with Crippen LogP contribution >= 0.6 is 9.24 Å². The van der Waals surface area contributed by atoms with Crippen LogP contribution in [0.2, 0.25) is 0 Å². The highest BCUT2D eigenvalue weighted by Crippen LogP contribution is 2.11. The number of carbonyl (C=O) groups is 2. The molecular weight excluding hydrogens is 337 g/mol. The van der Waals surface area contributed by atoms with Crippen LogP contribution in [0.4, 0.5) is 5.69 Å². The molecular formula is C17H26N5O2P. The van der Waals surface area contributed by atoms with E-state index in [4.69, 9.17) is 5.73 Å². The van der Waals surface area contributed by atoms with Crippen LogP contribution in [-0.4, -0.2) is 42.0 Å². The summed E-state index contributed by atoms with van der Waals surface area (Å²) in [6.07, 6.45) is 4.18. The van der Waals surface area contributed by atoms with Crippen molar-refractivity contribution >= 4 is 32.4 Å². The van der Waals surface area contributed by atoms with E-state index in [-0.39, 0.29) is 11.6 Å². The molecule has 1 aromatic carbocycles. The average Bonchev–Trinajstić information content (AvgIpc) is 3.07. The Morgan fingerprint density at radius 2 is 2.08 bits per heavy atom. The van der Waals surface area contributed by atoms with E-state index < -0.39 is 0 Å². The molecule has 0 aliphatic heterocycles. The van der Waals surface area contributed by atoms with Gasteiger partial charge in [-0.2, -0.15) is 5.10 Å². The van der Waals surface area contributed by atoms with Gasteiger partial charge < -0.3 is 16.4 Å². The number of H-pyrrole nitrogens is 1. The van der Waals surface area contributed by atoms with Crippen molar-refractivity contribution < 1.29 is 9.59 Å². The Bertz CT molecular complexity index is 657. The fourth-order valence-corrected chi connectivity index (χ4v) is 2.04. The zero-order valence-corrected chi connectivity index (χ0v) is 15.7. The number of benzene rings is 1. The summed E-state index contributed by atoms with van der Waals surface area (Å²) in [5.41, 5.74) is 6.77. The average molecular weight is 363 g/mol. The molecule has 2 atom stereocenters. The highest BCUT2D eigenvalue weighted by molar-refractivity contribution is 7.27. The Morgan fingerprint density at radius 3 is 2.64 bits per heavy atom. The molecule has 0 aliphatic rings. The van der Waals surface area contributed by atoms with Crippen LogP contribution in [-0.2, 0) is 0 Å². The molecule has 0 saturated heterocycles. The molecule has 0 bridgehead atoms. The number of anilines is 1. The lowest BCUT2D eigenvalue weighted by molar-refractivity contribution is 0.102. The van der Waals surface area contributed by atoms with Gasteiger partial charge in [0.15, 0.2) is 6.29 Å². The molecule has 1 amide bonds. The largest absolute Gasteiger partial charge is 0.328 e. The van der Waals surface area contributed by atoms with E-state index in [9.17, 15) is 9.59 Å². The lowest BCUT2D eigenvalue weighted by atomic mass is 10.2. The summed E-state index contributed by atoms with van der Waals surface area (Å²) in [6.45, 7) is 3.15. The van der Waals surface area contributed by atoms with Crippen LogP contribution in [0, 0.1) is 0 Å². The number of aromatic nitrogens is 2. The van der Waals surface area contributed by atoms with Gasteiger partial charge in [-0.3, -0.25) is 14.7 Å². The van der Waals surface area contributed by atoms with Gasteiger partial charge in [0.05, 0.1) is 11.9 Å². The fourth-order valence-electron chi connectivity index (χ4n) is 1.85. The molecule has 1 aromatic heterocycles. The number of nitrogens with zero attached hydrogens (tertiary/aromatic N) is 1. The van der Waals surface area contributed by atoms with Crippen molar-refractivity contribution in [2.75, 3.05) is 18.9 Å². The summed E-state index contributed by atoms with van der Waals surface area (Å²) >= 11 is 0. The first kappa shape index (κ1) is 21.0. The van der Waals surface area contributed by atoms with Gasteiger partial charge >= 0.3 is 0 Å². The molecule has 2 rings (SSSR count).